The van der Waals surface area contributed by atoms with Crippen molar-refractivity contribution in [2.75, 3.05) is 0 Å². The summed E-state index contributed by atoms with van der Waals surface area (Å²) in [6, 6.07) is 0.324. The first kappa shape index (κ1) is 10.8. The van der Waals surface area contributed by atoms with E-state index in [4.69, 9.17) is 5.73 Å². The van der Waals surface area contributed by atoms with Gasteiger partial charge in [-0.15, -0.1) is 0 Å². The van der Waals surface area contributed by atoms with Crippen molar-refractivity contribution in [1.29, 1.82) is 0 Å². The number of allylic oxidation sites excluding steroid dienone is 1. The van der Waals surface area contributed by atoms with Gasteiger partial charge in [0.25, 0.3) is 0 Å². The van der Waals surface area contributed by atoms with Crippen LogP contribution in [0.4, 0.5) is 0 Å². The Balaban J connectivity index is 2.68. The van der Waals surface area contributed by atoms with Gasteiger partial charge in [0.05, 0.1) is 0 Å². The first-order chi connectivity index (χ1) is 6.16. The molecule has 0 aromatic heterocycles. The van der Waals surface area contributed by atoms with Crippen LogP contribution in [0.25, 0.3) is 0 Å². The SMILES string of the molecule is CCC(C)[C@@H](N)C1=C(C)CCCC1. The second-order valence-electron chi connectivity index (χ2n) is 4.42. The van der Waals surface area contributed by atoms with Crippen LogP contribution in [0.2, 0.25) is 0 Å². The maximum absolute atomic E-state index is 6.24. The molecule has 0 bridgehead atoms. The van der Waals surface area contributed by atoms with E-state index in [1.807, 2.05) is 0 Å². The predicted molar refractivity (Wildman–Crippen MR) is 58.6 cm³/mol. The maximum atomic E-state index is 6.24. The molecule has 0 aromatic rings. The Morgan fingerprint density at radius 3 is 2.46 bits per heavy atom. The molecule has 0 aliphatic heterocycles. The van der Waals surface area contributed by atoms with E-state index in [1.54, 1.807) is 11.1 Å². The van der Waals surface area contributed by atoms with Crippen LogP contribution < -0.4 is 5.73 Å². The second-order valence-corrected chi connectivity index (χ2v) is 4.42. The van der Waals surface area contributed by atoms with Crippen molar-refractivity contribution in [2.24, 2.45) is 11.7 Å². The Hall–Kier alpha value is -0.300. The van der Waals surface area contributed by atoms with Crippen LogP contribution in [-0.4, -0.2) is 6.04 Å². The molecule has 1 heteroatoms. The van der Waals surface area contributed by atoms with Gasteiger partial charge in [-0.1, -0.05) is 31.4 Å². The molecule has 0 saturated carbocycles. The molecule has 1 nitrogen and oxygen atoms in total. The molecule has 0 aromatic carbocycles. The van der Waals surface area contributed by atoms with Crippen molar-refractivity contribution in [3.05, 3.63) is 11.1 Å². The van der Waals surface area contributed by atoms with Gasteiger partial charge in [-0.25, -0.2) is 0 Å². The van der Waals surface area contributed by atoms with E-state index in [1.165, 1.54) is 32.1 Å². The fourth-order valence-electron chi connectivity index (χ4n) is 2.13. The zero-order valence-electron chi connectivity index (χ0n) is 9.27. The molecule has 0 amide bonds. The van der Waals surface area contributed by atoms with Gasteiger partial charge in [-0.2, -0.15) is 0 Å². The van der Waals surface area contributed by atoms with Crippen LogP contribution in [-0.2, 0) is 0 Å². The Morgan fingerprint density at radius 2 is 1.92 bits per heavy atom. The van der Waals surface area contributed by atoms with E-state index in [0.717, 1.165) is 0 Å². The Kier molecular flexibility index (Phi) is 3.98. The van der Waals surface area contributed by atoms with Gasteiger partial charge in [0.15, 0.2) is 0 Å². The molecule has 1 rings (SSSR count). The molecule has 13 heavy (non-hydrogen) atoms. The third-order valence-corrected chi connectivity index (χ3v) is 3.46. The first-order valence-electron chi connectivity index (χ1n) is 5.61. The molecule has 1 aliphatic carbocycles. The normalized spacial score (nSPS) is 23.1. The summed E-state index contributed by atoms with van der Waals surface area (Å²) in [6.45, 7) is 6.75. The molecule has 0 heterocycles. The third-order valence-electron chi connectivity index (χ3n) is 3.46. The van der Waals surface area contributed by atoms with Gasteiger partial charge >= 0.3 is 0 Å². The van der Waals surface area contributed by atoms with E-state index >= 15 is 0 Å². The lowest BCUT2D eigenvalue weighted by Gasteiger charge is -2.27. The highest BCUT2D eigenvalue weighted by Gasteiger charge is 2.19. The topological polar surface area (TPSA) is 26.0 Å². The van der Waals surface area contributed by atoms with Crippen LogP contribution >= 0.6 is 0 Å². The molecule has 2 N–H and O–H groups in total. The summed E-state index contributed by atoms with van der Waals surface area (Å²) in [5, 5.41) is 0. The van der Waals surface area contributed by atoms with E-state index in [2.05, 4.69) is 20.8 Å². The Labute approximate surface area is 82.4 Å². The number of rotatable bonds is 3. The van der Waals surface area contributed by atoms with Gasteiger partial charge in [-0.05, 0) is 38.5 Å². The van der Waals surface area contributed by atoms with E-state index < -0.39 is 0 Å². The average molecular weight is 181 g/mol. The number of nitrogens with two attached hydrogens (primary N) is 1. The fourth-order valence-corrected chi connectivity index (χ4v) is 2.13. The lowest BCUT2D eigenvalue weighted by Crippen LogP contribution is -2.31. The van der Waals surface area contributed by atoms with Crippen molar-refractivity contribution >= 4 is 0 Å². The standard InChI is InChI=1S/C12H23N/c1-4-9(2)12(13)11-8-6-5-7-10(11)3/h9,12H,4-8,13H2,1-3H3/t9?,12-/m1/s1. The van der Waals surface area contributed by atoms with Crippen LogP contribution in [0.15, 0.2) is 11.1 Å². The van der Waals surface area contributed by atoms with Gasteiger partial charge in [0.2, 0.25) is 0 Å². The van der Waals surface area contributed by atoms with E-state index in [-0.39, 0.29) is 0 Å². The highest BCUT2D eigenvalue weighted by atomic mass is 14.7. The average Bonchev–Trinajstić information content (AvgIpc) is 2.16. The monoisotopic (exact) mass is 181 g/mol. The molecule has 1 aliphatic rings. The van der Waals surface area contributed by atoms with Crippen LogP contribution in [0.5, 0.6) is 0 Å². The molecular formula is C12H23N. The molecule has 1 unspecified atom stereocenters. The lowest BCUT2D eigenvalue weighted by atomic mass is 9.83. The Bertz CT molecular complexity index is 193. The van der Waals surface area contributed by atoms with Gasteiger partial charge in [0, 0.05) is 6.04 Å². The number of hydrogen-bond donors (Lipinski definition) is 1. The largest absolute Gasteiger partial charge is 0.324 e. The summed E-state index contributed by atoms with van der Waals surface area (Å²) in [6.07, 6.45) is 6.42. The number of hydrogen-bond acceptors (Lipinski definition) is 1. The van der Waals surface area contributed by atoms with Crippen molar-refractivity contribution < 1.29 is 0 Å². The summed E-state index contributed by atoms with van der Waals surface area (Å²) >= 11 is 0. The van der Waals surface area contributed by atoms with Gasteiger partial charge in [-0.3, -0.25) is 0 Å². The fraction of sp³-hybridized carbons (Fsp3) is 0.833. The van der Waals surface area contributed by atoms with Crippen molar-refractivity contribution in [1.82, 2.24) is 0 Å². The van der Waals surface area contributed by atoms with Gasteiger partial charge in [0.1, 0.15) is 0 Å². The Morgan fingerprint density at radius 1 is 1.31 bits per heavy atom. The molecule has 0 fully saturated rings. The second kappa shape index (κ2) is 4.80. The minimum Gasteiger partial charge on any atom is -0.324 e. The summed E-state index contributed by atoms with van der Waals surface area (Å²) in [5.41, 5.74) is 9.36. The molecule has 0 radical (unpaired) electrons. The summed E-state index contributed by atoms with van der Waals surface area (Å²) in [4.78, 5) is 0. The van der Waals surface area contributed by atoms with Gasteiger partial charge < -0.3 is 5.73 Å². The lowest BCUT2D eigenvalue weighted by molar-refractivity contribution is 0.459. The summed E-state index contributed by atoms with van der Waals surface area (Å²) in [7, 11) is 0. The zero-order valence-corrected chi connectivity index (χ0v) is 9.27. The highest BCUT2D eigenvalue weighted by Crippen LogP contribution is 2.28. The molecule has 0 spiro atoms. The zero-order chi connectivity index (χ0) is 9.84. The van der Waals surface area contributed by atoms with E-state index in [0.29, 0.717) is 12.0 Å². The maximum Gasteiger partial charge on any atom is 0.0282 e. The molecule has 76 valence electrons. The third kappa shape index (κ3) is 2.57. The van der Waals surface area contributed by atoms with E-state index in [9.17, 15) is 0 Å². The highest BCUT2D eigenvalue weighted by molar-refractivity contribution is 5.20. The minimum atomic E-state index is 0.324. The van der Waals surface area contributed by atoms with Crippen molar-refractivity contribution in [3.8, 4) is 0 Å². The van der Waals surface area contributed by atoms with Crippen LogP contribution in [0.3, 0.4) is 0 Å². The molecule has 0 saturated heterocycles. The minimum absolute atomic E-state index is 0.324. The quantitative estimate of drug-likeness (QED) is 0.664. The summed E-state index contributed by atoms with van der Waals surface area (Å²) in [5.74, 6) is 0.642. The predicted octanol–water partition coefficient (Wildman–Crippen LogP) is 3.25. The smallest absolute Gasteiger partial charge is 0.0282 e. The van der Waals surface area contributed by atoms with Crippen LogP contribution in [0, 0.1) is 5.92 Å². The summed E-state index contributed by atoms with van der Waals surface area (Å²) < 4.78 is 0. The molecule has 2 atom stereocenters. The first-order valence-corrected chi connectivity index (χ1v) is 5.61. The molecular weight excluding hydrogens is 158 g/mol. The van der Waals surface area contributed by atoms with Crippen LogP contribution in [0.1, 0.15) is 52.9 Å². The van der Waals surface area contributed by atoms with Crippen molar-refractivity contribution in [3.63, 3.8) is 0 Å². The van der Waals surface area contributed by atoms with Crippen molar-refractivity contribution in [2.45, 2.75) is 58.9 Å².